The smallest absolute Gasteiger partial charge is 0.199 e. The minimum Gasteiger partial charge on any atom is -0.199 e. The second-order valence-electron chi connectivity index (χ2n) is 2.28. The molecule has 0 amide bonds. The summed E-state index contributed by atoms with van der Waals surface area (Å²) < 4.78 is 48.3. The van der Waals surface area contributed by atoms with E-state index in [1.807, 2.05) is 0 Å². The molecule has 0 nitrogen and oxygen atoms in total. The Hall–Kier alpha value is 0.200. The molecule has 0 saturated heterocycles. The maximum absolute atomic E-state index is 12.3. The number of halogens is 5. The second kappa shape index (κ2) is 2.68. The van der Waals surface area contributed by atoms with Gasteiger partial charge in [-0.15, -0.1) is 0 Å². The summed E-state index contributed by atoms with van der Waals surface area (Å²) in [4.78, 5) is -4.10. The van der Waals surface area contributed by atoms with E-state index in [0.29, 0.717) is 0 Å². The molecule has 0 spiro atoms. The molecule has 0 N–H and O–H groups in total. The normalized spacial score (nSPS) is 14.4. The number of alkyl halides is 5. The van der Waals surface area contributed by atoms with Crippen LogP contribution >= 0.6 is 15.9 Å². The van der Waals surface area contributed by atoms with Gasteiger partial charge >= 0.3 is 10.8 Å². The van der Waals surface area contributed by atoms with E-state index >= 15 is 0 Å². The predicted molar refractivity (Wildman–Crippen MR) is 33.7 cm³/mol. The first-order valence-corrected chi connectivity index (χ1v) is 3.43. The summed E-state index contributed by atoms with van der Waals surface area (Å²) in [6, 6.07) is 0. The molecule has 0 fully saturated rings. The molecule has 0 aliphatic rings. The predicted octanol–water partition coefficient (Wildman–Crippen LogP) is 3.27. The van der Waals surface area contributed by atoms with Gasteiger partial charge < -0.3 is 0 Å². The Kier molecular flexibility index (Phi) is 2.73. The summed E-state index contributed by atoms with van der Waals surface area (Å²) >= 11 is 1.62. The molecule has 0 aromatic heterocycles. The van der Waals surface area contributed by atoms with Gasteiger partial charge in [-0.05, 0) is 15.9 Å². The lowest BCUT2D eigenvalue weighted by Crippen LogP contribution is -2.39. The lowest BCUT2D eigenvalue weighted by Gasteiger charge is -2.24. The molecule has 0 unspecified atom stereocenters. The Balaban J connectivity index is 4.40. The highest BCUT2D eigenvalue weighted by atomic mass is 79.9. The first-order chi connectivity index (χ1) is 4.19. The lowest BCUT2D eigenvalue weighted by atomic mass is 10.1. The van der Waals surface area contributed by atoms with Crippen LogP contribution in [0.15, 0.2) is 0 Å². The van der Waals surface area contributed by atoms with Crippen LogP contribution in [0, 0.1) is 5.92 Å². The third-order valence-electron chi connectivity index (χ3n) is 1.10. The van der Waals surface area contributed by atoms with E-state index in [0.717, 1.165) is 13.8 Å². The summed E-state index contributed by atoms with van der Waals surface area (Å²) in [5.74, 6) is -5.35. The highest BCUT2D eigenvalue weighted by Gasteiger charge is 2.56. The molecule has 0 atom stereocenters. The second-order valence-corrected chi connectivity index (χ2v) is 3.27. The molecule has 0 aromatic carbocycles. The Labute approximate surface area is 64.7 Å². The third-order valence-corrected chi connectivity index (χ3v) is 1.63. The van der Waals surface area contributed by atoms with E-state index in [9.17, 15) is 17.6 Å². The molecule has 0 radical (unpaired) electrons. The van der Waals surface area contributed by atoms with Crippen molar-refractivity contribution in [3.63, 3.8) is 0 Å². The van der Waals surface area contributed by atoms with Crippen molar-refractivity contribution in [2.45, 2.75) is 24.6 Å². The van der Waals surface area contributed by atoms with Gasteiger partial charge in [0.05, 0.1) is 0 Å². The maximum Gasteiger partial charge on any atom is 0.363 e. The van der Waals surface area contributed by atoms with Crippen molar-refractivity contribution in [1.82, 2.24) is 0 Å². The Morgan fingerprint density at radius 3 is 1.40 bits per heavy atom. The summed E-state index contributed by atoms with van der Waals surface area (Å²) in [5.41, 5.74) is 0. The monoisotopic (exact) mass is 222 g/mol. The molecule has 5 heteroatoms. The van der Waals surface area contributed by atoms with Crippen LogP contribution in [0.4, 0.5) is 17.6 Å². The van der Waals surface area contributed by atoms with E-state index in [1.165, 1.54) is 0 Å². The maximum atomic E-state index is 12.3. The Morgan fingerprint density at radius 1 is 1.10 bits per heavy atom. The number of rotatable bonds is 2. The molecule has 0 heterocycles. The Morgan fingerprint density at radius 2 is 1.40 bits per heavy atom. The summed E-state index contributed by atoms with van der Waals surface area (Å²) in [7, 11) is 0. The molecule has 0 aromatic rings. The van der Waals surface area contributed by atoms with Crippen molar-refractivity contribution >= 4 is 15.9 Å². The van der Waals surface area contributed by atoms with Gasteiger partial charge in [0, 0.05) is 5.92 Å². The van der Waals surface area contributed by atoms with Crippen LogP contribution in [-0.2, 0) is 0 Å². The fraction of sp³-hybridized carbons (Fsp3) is 1.00. The largest absolute Gasteiger partial charge is 0.363 e. The van der Waals surface area contributed by atoms with Gasteiger partial charge in [0.2, 0.25) is 0 Å². The quantitative estimate of drug-likeness (QED) is 0.497. The lowest BCUT2D eigenvalue weighted by molar-refractivity contribution is -0.174. The molecule has 0 bridgehead atoms. The van der Waals surface area contributed by atoms with Crippen molar-refractivity contribution in [1.29, 1.82) is 0 Å². The zero-order valence-electron chi connectivity index (χ0n) is 5.47. The van der Waals surface area contributed by atoms with Crippen LogP contribution < -0.4 is 0 Å². The molecule has 62 valence electrons. The van der Waals surface area contributed by atoms with E-state index in [-0.39, 0.29) is 0 Å². The Bertz CT molecular complexity index is 115. The van der Waals surface area contributed by atoms with E-state index in [4.69, 9.17) is 0 Å². The number of hydrogen-bond donors (Lipinski definition) is 0. The minimum absolute atomic E-state index is 1.04. The van der Waals surface area contributed by atoms with E-state index in [2.05, 4.69) is 0 Å². The van der Waals surface area contributed by atoms with Gasteiger partial charge in [0.15, 0.2) is 0 Å². The van der Waals surface area contributed by atoms with Crippen LogP contribution in [-0.4, -0.2) is 10.8 Å². The van der Waals surface area contributed by atoms with Gasteiger partial charge in [0.1, 0.15) is 0 Å². The molecule has 0 aliphatic carbocycles. The average Bonchev–Trinajstić information content (AvgIpc) is 1.62. The van der Waals surface area contributed by atoms with Gasteiger partial charge in [-0.25, -0.2) is 0 Å². The van der Waals surface area contributed by atoms with Gasteiger partial charge in [-0.1, -0.05) is 13.8 Å². The van der Waals surface area contributed by atoms with Crippen LogP contribution in [0.5, 0.6) is 0 Å². The number of hydrogen-bond acceptors (Lipinski definition) is 0. The fourth-order valence-electron chi connectivity index (χ4n) is 0.327. The van der Waals surface area contributed by atoms with Crippen molar-refractivity contribution < 1.29 is 17.6 Å². The van der Waals surface area contributed by atoms with Crippen LogP contribution in [0.1, 0.15) is 13.8 Å². The fourth-order valence-corrected chi connectivity index (χ4v) is 0.785. The van der Waals surface area contributed by atoms with Crippen molar-refractivity contribution in [3.8, 4) is 0 Å². The summed E-state index contributed by atoms with van der Waals surface area (Å²) in [6.45, 7) is 2.07. The highest BCUT2D eigenvalue weighted by molar-refractivity contribution is 9.10. The van der Waals surface area contributed by atoms with Crippen LogP contribution in [0.3, 0.4) is 0 Å². The molecule has 0 rings (SSSR count). The molecular weight excluding hydrogens is 216 g/mol. The third kappa shape index (κ3) is 1.84. The van der Waals surface area contributed by atoms with Gasteiger partial charge in [-0.3, -0.25) is 0 Å². The summed E-state index contributed by atoms with van der Waals surface area (Å²) in [6.07, 6.45) is 0. The van der Waals surface area contributed by atoms with Crippen molar-refractivity contribution in [2.24, 2.45) is 5.92 Å². The summed E-state index contributed by atoms with van der Waals surface area (Å²) in [5, 5.41) is 0. The average molecular weight is 223 g/mol. The highest BCUT2D eigenvalue weighted by Crippen LogP contribution is 2.43. The van der Waals surface area contributed by atoms with E-state index < -0.39 is 16.7 Å². The van der Waals surface area contributed by atoms with E-state index in [1.54, 1.807) is 15.9 Å². The first-order valence-electron chi connectivity index (χ1n) is 2.64. The van der Waals surface area contributed by atoms with Gasteiger partial charge in [-0.2, -0.15) is 17.6 Å². The molecule has 0 saturated carbocycles. The first kappa shape index (κ1) is 10.2. The molecule has 10 heavy (non-hydrogen) atoms. The zero-order chi connectivity index (χ0) is 8.58. The standard InChI is InChI=1S/C5H7BrF4/c1-3(2)4(7,8)5(6,9)10/h3H,1-2H3. The van der Waals surface area contributed by atoms with Crippen molar-refractivity contribution in [2.75, 3.05) is 0 Å². The van der Waals surface area contributed by atoms with Crippen LogP contribution in [0.25, 0.3) is 0 Å². The topological polar surface area (TPSA) is 0 Å². The zero-order valence-corrected chi connectivity index (χ0v) is 7.05. The van der Waals surface area contributed by atoms with Gasteiger partial charge in [0.25, 0.3) is 0 Å². The SMILES string of the molecule is CC(C)C(F)(F)C(F)(F)Br. The molecule has 0 aliphatic heterocycles. The molecular formula is C5H7BrF4. The van der Waals surface area contributed by atoms with Crippen molar-refractivity contribution in [3.05, 3.63) is 0 Å². The van der Waals surface area contributed by atoms with Crippen LogP contribution in [0.2, 0.25) is 0 Å². The minimum atomic E-state index is -4.10.